The molecule has 1 aromatic carbocycles. The fourth-order valence-electron chi connectivity index (χ4n) is 4.60. The van der Waals surface area contributed by atoms with Crippen LogP contribution in [0, 0.1) is 5.41 Å². The minimum Gasteiger partial charge on any atom is -0.466 e. The van der Waals surface area contributed by atoms with Crippen LogP contribution in [0.3, 0.4) is 0 Å². The number of ketones is 1. The summed E-state index contributed by atoms with van der Waals surface area (Å²) in [5.74, 6) is -1.59. The summed E-state index contributed by atoms with van der Waals surface area (Å²) in [4.78, 5) is 38.1. The van der Waals surface area contributed by atoms with Crippen molar-refractivity contribution in [3.8, 4) is 0 Å². The highest BCUT2D eigenvalue weighted by molar-refractivity contribution is 6.14. The first-order valence-corrected chi connectivity index (χ1v) is 8.14. The monoisotopic (exact) mass is 342 g/mol. The zero-order valence-corrected chi connectivity index (χ0v) is 14.3. The first kappa shape index (κ1) is 16.0. The molecule has 3 aliphatic rings. The van der Waals surface area contributed by atoms with E-state index in [0.717, 1.165) is 11.1 Å². The molecule has 4 rings (SSSR count). The SMILES string of the molecule is COC(=O)C1=C(C(=O)OC)[C@]23O[C@H]1C(=O)C2(C)CCc1ccccc13. The zero-order chi connectivity index (χ0) is 18.0. The minimum absolute atomic E-state index is 0.0338. The largest absolute Gasteiger partial charge is 0.466 e. The van der Waals surface area contributed by atoms with Crippen molar-refractivity contribution in [2.45, 2.75) is 31.5 Å². The average molecular weight is 342 g/mol. The van der Waals surface area contributed by atoms with Crippen LogP contribution in [0.15, 0.2) is 35.4 Å². The van der Waals surface area contributed by atoms with E-state index < -0.39 is 29.1 Å². The smallest absolute Gasteiger partial charge is 0.337 e. The van der Waals surface area contributed by atoms with Gasteiger partial charge in [0.15, 0.2) is 11.9 Å². The average Bonchev–Trinajstić information content (AvgIpc) is 3.10. The molecule has 1 aromatic rings. The summed E-state index contributed by atoms with van der Waals surface area (Å²) in [7, 11) is 2.47. The molecular weight excluding hydrogens is 324 g/mol. The number of methoxy groups -OCH3 is 2. The van der Waals surface area contributed by atoms with E-state index in [4.69, 9.17) is 14.2 Å². The van der Waals surface area contributed by atoms with Crippen molar-refractivity contribution < 1.29 is 28.6 Å². The Bertz CT molecular complexity index is 853. The van der Waals surface area contributed by atoms with E-state index in [9.17, 15) is 14.4 Å². The number of esters is 2. The third kappa shape index (κ3) is 1.65. The molecule has 6 nitrogen and oxygen atoms in total. The summed E-state index contributed by atoms with van der Waals surface area (Å²) in [6, 6.07) is 7.55. The van der Waals surface area contributed by atoms with Crippen molar-refractivity contribution in [1.29, 1.82) is 0 Å². The predicted octanol–water partition coefficient (Wildman–Crippen LogP) is 1.46. The van der Waals surface area contributed by atoms with Crippen LogP contribution in [0.1, 0.15) is 24.5 Å². The lowest BCUT2D eigenvalue weighted by Gasteiger charge is -2.46. The number of Topliss-reactive ketones (excluding diaryl/α,β-unsaturated/α-hetero) is 1. The molecule has 0 amide bonds. The third-order valence-electron chi connectivity index (χ3n) is 5.82. The number of rotatable bonds is 2. The Hall–Kier alpha value is -2.47. The molecule has 2 bridgehead atoms. The van der Waals surface area contributed by atoms with Gasteiger partial charge in [-0.2, -0.15) is 0 Å². The van der Waals surface area contributed by atoms with Crippen molar-refractivity contribution in [2.75, 3.05) is 14.2 Å². The molecule has 1 spiro atoms. The van der Waals surface area contributed by atoms with Gasteiger partial charge in [-0.1, -0.05) is 24.3 Å². The van der Waals surface area contributed by atoms with Gasteiger partial charge in [-0.3, -0.25) is 4.79 Å². The van der Waals surface area contributed by atoms with E-state index >= 15 is 0 Å². The maximum atomic E-state index is 13.1. The zero-order valence-electron chi connectivity index (χ0n) is 14.3. The summed E-state index contributed by atoms with van der Waals surface area (Å²) in [5.41, 5.74) is -0.415. The van der Waals surface area contributed by atoms with Gasteiger partial charge in [-0.15, -0.1) is 0 Å². The van der Waals surface area contributed by atoms with Gasteiger partial charge in [0.2, 0.25) is 0 Å². The van der Waals surface area contributed by atoms with Crippen molar-refractivity contribution in [3.63, 3.8) is 0 Å². The fraction of sp³-hybridized carbons (Fsp3) is 0.421. The molecule has 3 atom stereocenters. The Balaban J connectivity index is 2.09. The van der Waals surface area contributed by atoms with E-state index in [1.165, 1.54) is 14.2 Å². The van der Waals surface area contributed by atoms with Crippen LogP contribution in [0.25, 0.3) is 0 Å². The summed E-state index contributed by atoms with van der Waals surface area (Å²) >= 11 is 0. The van der Waals surface area contributed by atoms with Gasteiger partial charge in [-0.05, 0) is 30.9 Å². The highest BCUT2D eigenvalue weighted by atomic mass is 16.6. The molecule has 1 aliphatic carbocycles. The van der Waals surface area contributed by atoms with Crippen LogP contribution in [0.4, 0.5) is 0 Å². The molecule has 1 unspecified atom stereocenters. The Morgan fingerprint density at radius 3 is 2.52 bits per heavy atom. The van der Waals surface area contributed by atoms with E-state index in [2.05, 4.69) is 0 Å². The van der Waals surface area contributed by atoms with E-state index in [1.54, 1.807) is 0 Å². The van der Waals surface area contributed by atoms with Crippen molar-refractivity contribution in [1.82, 2.24) is 0 Å². The highest BCUT2D eigenvalue weighted by Crippen LogP contribution is 2.65. The van der Waals surface area contributed by atoms with Crippen LogP contribution in [0.2, 0.25) is 0 Å². The molecule has 1 fully saturated rings. The van der Waals surface area contributed by atoms with Gasteiger partial charge < -0.3 is 14.2 Å². The third-order valence-corrected chi connectivity index (χ3v) is 5.82. The van der Waals surface area contributed by atoms with Crippen molar-refractivity contribution in [3.05, 3.63) is 46.5 Å². The Labute approximate surface area is 144 Å². The molecule has 2 heterocycles. The maximum absolute atomic E-state index is 13.1. The number of hydrogen-bond donors (Lipinski definition) is 0. The van der Waals surface area contributed by atoms with Gasteiger partial charge >= 0.3 is 11.9 Å². The molecule has 1 saturated heterocycles. The second-order valence-electron chi connectivity index (χ2n) is 6.80. The molecule has 6 heteroatoms. The van der Waals surface area contributed by atoms with E-state index in [1.807, 2.05) is 31.2 Å². The predicted molar refractivity (Wildman–Crippen MR) is 85.5 cm³/mol. The molecule has 2 aliphatic heterocycles. The lowest BCUT2D eigenvalue weighted by Crippen LogP contribution is -2.52. The summed E-state index contributed by atoms with van der Waals surface area (Å²) in [5, 5.41) is 0. The van der Waals surface area contributed by atoms with E-state index in [-0.39, 0.29) is 16.9 Å². The number of aryl methyl sites for hydroxylation is 1. The summed E-state index contributed by atoms with van der Waals surface area (Å²) < 4.78 is 15.9. The molecule has 0 radical (unpaired) electrons. The van der Waals surface area contributed by atoms with Crippen molar-refractivity contribution >= 4 is 17.7 Å². The van der Waals surface area contributed by atoms with Crippen molar-refractivity contribution in [2.24, 2.45) is 5.41 Å². The second kappa shape index (κ2) is 5.02. The topological polar surface area (TPSA) is 78.9 Å². The number of hydrogen-bond acceptors (Lipinski definition) is 6. The minimum atomic E-state index is -1.31. The Morgan fingerprint density at radius 1 is 1.16 bits per heavy atom. The van der Waals surface area contributed by atoms with Gasteiger partial charge in [0, 0.05) is 0 Å². The number of carbonyl (C=O) groups is 3. The van der Waals surface area contributed by atoms with Gasteiger partial charge in [-0.25, -0.2) is 9.59 Å². The fourth-order valence-corrected chi connectivity index (χ4v) is 4.60. The second-order valence-corrected chi connectivity index (χ2v) is 6.80. The number of fused-ring (bicyclic) bond motifs is 2. The lowest BCUT2D eigenvalue weighted by molar-refractivity contribution is -0.143. The number of benzene rings is 1. The molecule has 0 saturated carbocycles. The standard InChI is InChI=1S/C19H18O6/c1-18-9-8-10-6-4-5-7-11(10)19(18)13(17(22)24-3)12(16(21)23-2)14(25-19)15(18)20/h4-7,14H,8-9H2,1-3H3/t14-,18?,19+/m1/s1. The van der Waals surface area contributed by atoms with Gasteiger partial charge in [0.1, 0.15) is 5.60 Å². The van der Waals surface area contributed by atoms with E-state index in [0.29, 0.717) is 12.8 Å². The molecule has 0 N–H and O–H groups in total. The quantitative estimate of drug-likeness (QED) is 0.757. The summed E-state index contributed by atoms with van der Waals surface area (Å²) in [6.07, 6.45) is 0.143. The van der Waals surface area contributed by atoms with Crippen LogP contribution in [-0.4, -0.2) is 38.0 Å². The van der Waals surface area contributed by atoms with Gasteiger partial charge in [0.25, 0.3) is 0 Å². The lowest BCUT2D eigenvalue weighted by atomic mass is 9.55. The summed E-state index contributed by atoms with van der Waals surface area (Å²) in [6.45, 7) is 1.81. The molecule has 25 heavy (non-hydrogen) atoms. The maximum Gasteiger partial charge on any atom is 0.337 e. The normalized spacial score (nSPS) is 32.3. The molecule has 130 valence electrons. The molecular formula is C19H18O6. The first-order valence-electron chi connectivity index (χ1n) is 8.14. The van der Waals surface area contributed by atoms with Crippen LogP contribution < -0.4 is 0 Å². The first-order chi connectivity index (χ1) is 11.9. The van der Waals surface area contributed by atoms with Crippen LogP contribution in [0.5, 0.6) is 0 Å². The van der Waals surface area contributed by atoms with Gasteiger partial charge in [0.05, 0.1) is 30.8 Å². The molecule has 0 aromatic heterocycles. The highest BCUT2D eigenvalue weighted by Gasteiger charge is 2.74. The Kier molecular flexibility index (Phi) is 3.22. The van der Waals surface area contributed by atoms with Crippen LogP contribution in [-0.2, 0) is 40.6 Å². The Morgan fingerprint density at radius 2 is 1.84 bits per heavy atom. The number of ether oxygens (including phenoxy) is 3. The van der Waals surface area contributed by atoms with Crippen LogP contribution >= 0.6 is 0 Å². The number of carbonyl (C=O) groups excluding carboxylic acids is 3.